The van der Waals surface area contributed by atoms with Gasteiger partial charge >= 0.3 is 0 Å². The van der Waals surface area contributed by atoms with Crippen LogP contribution in [0.25, 0.3) is 10.8 Å². The lowest BCUT2D eigenvalue weighted by molar-refractivity contribution is 0.282. The number of aliphatic hydroxyl groups is 1. The van der Waals surface area contributed by atoms with E-state index >= 15 is 0 Å². The Morgan fingerprint density at radius 2 is 1.67 bits per heavy atom. The Balaban J connectivity index is 2.60. The fraction of sp³-hybridized carbons (Fsp3) is 0.333. The zero-order valence-electron chi connectivity index (χ0n) is 10.8. The van der Waals surface area contributed by atoms with Gasteiger partial charge in [-0.2, -0.15) is 0 Å². The summed E-state index contributed by atoms with van der Waals surface area (Å²) in [5.41, 5.74) is 0.900. The van der Waals surface area contributed by atoms with Crippen molar-refractivity contribution in [3.63, 3.8) is 0 Å². The third kappa shape index (κ3) is 2.41. The van der Waals surface area contributed by atoms with Crippen molar-refractivity contribution in [2.45, 2.75) is 20.5 Å². The molecule has 3 nitrogen and oxygen atoms in total. The molecule has 2 aromatic carbocycles. The summed E-state index contributed by atoms with van der Waals surface area (Å²) in [4.78, 5) is 0. The maximum atomic E-state index is 9.36. The molecule has 96 valence electrons. The highest BCUT2D eigenvalue weighted by Crippen LogP contribution is 2.34. The first-order valence-corrected chi connectivity index (χ1v) is 6.22. The molecule has 0 atom stereocenters. The Bertz CT molecular complexity index is 534. The minimum absolute atomic E-state index is 0.0247. The van der Waals surface area contributed by atoms with Gasteiger partial charge in [-0.1, -0.05) is 18.2 Å². The van der Waals surface area contributed by atoms with E-state index in [0.717, 1.165) is 27.8 Å². The van der Waals surface area contributed by atoms with E-state index < -0.39 is 0 Å². The van der Waals surface area contributed by atoms with Crippen molar-refractivity contribution >= 4 is 10.8 Å². The second-order valence-corrected chi connectivity index (χ2v) is 3.96. The molecule has 0 bridgehead atoms. The lowest BCUT2D eigenvalue weighted by Crippen LogP contribution is -1.99. The maximum Gasteiger partial charge on any atom is 0.161 e. The molecule has 0 radical (unpaired) electrons. The van der Waals surface area contributed by atoms with Gasteiger partial charge < -0.3 is 14.6 Å². The highest BCUT2D eigenvalue weighted by molar-refractivity contribution is 5.88. The van der Waals surface area contributed by atoms with Crippen molar-refractivity contribution < 1.29 is 14.6 Å². The quantitative estimate of drug-likeness (QED) is 0.880. The zero-order chi connectivity index (χ0) is 13.0. The first-order valence-electron chi connectivity index (χ1n) is 6.22. The highest BCUT2D eigenvalue weighted by atomic mass is 16.5. The maximum absolute atomic E-state index is 9.36. The predicted octanol–water partition coefficient (Wildman–Crippen LogP) is 3.13. The summed E-state index contributed by atoms with van der Waals surface area (Å²) in [6, 6.07) is 9.76. The molecule has 0 fully saturated rings. The number of aliphatic hydroxyl groups excluding tert-OH is 1. The Hall–Kier alpha value is -1.74. The second kappa shape index (κ2) is 5.74. The summed E-state index contributed by atoms with van der Waals surface area (Å²) in [7, 11) is 0. The van der Waals surface area contributed by atoms with Gasteiger partial charge in [-0.3, -0.25) is 0 Å². The van der Waals surface area contributed by atoms with Crippen molar-refractivity contribution in [1.29, 1.82) is 0 Å². The molecule has 0 aliphatic rings. The van der Waals surface area contributed by atoms with Crippen LogP contribution in [-0.2, 0) is 6.61 Å². The minimum Gasteiger partial charge on any atom is -0.490 e. The van der Waals surface area contributed by atoms with Crippen molar-refractivity contribution in [1.82, 2.24) is 0 Å². The molecule has 18 heavy (non-hydrogen) atoms. The molecule has 0 saturated carbocycles. The Morgan fingerprint density at radius 1 is 1.00 bits per heavy atom. The summed E-state index contributed by atoms with van der Waals surface area (Å²) in [5.74, 6) is 1.48. The van der Waals surface area contributed by atoms with E-state index in [0.29, 0.717) is 13.2 Å². The summed E-state index contributed by atoms with van der Waals surface area (Å²) >= 11 is 0. The molecule has 3 heteroatoms. The lowest BCUT2D eigenvalue weighted by atomic mass is 10.0. The van der Waals surface area contributed by atoms with Crippen molar-refractivity contribution in [2.24, 2.45) is 0 Å². The second-order valence-electron chi connectivity index (χ2n) is 3.96. The number of benzene rings is 2. The van der Waals surface area contributed by atoms with E-state index in [-0.39, 0.29) is 6.61 Å². The highest BCUT2D eigenvalue weighted by Gasteiger charge is 2.09. The molecular formula is C15H18O3. The van der Waals surface area contributed by atoms with Crippen molar-refractivity contribution in [3.05, 3.63) is 35.9 Å². The van der Waals surface area contributed by atoms with Crippen molar-refractivity contribution in [3.8, 4) is 11.5 Å². The van der Waals surface area contributed by atoms with Gasteiger partial charge in [0.25, 0.3) is 0 Å². The van der Waals surface area contributed by atoms with Crippen LogP contribution in [-0.4, -0.2) is 18.3 Å². The van der Waals surface area contributed by atoms with Gasteiger partial charge in [-0.15, -0.1) is 0 Å². The molecule has 0 heterocycles. The third-order valence-electron chi connectivity index (χ3n) is 2.81. The summed E-state index contributed by atoms with van der Waals surface area (Å²) in [6.45, 7) is 5.11. The third-order valence-corrected chi connectivity index (χ3v) is 2.81. The van der Waals surface area contributed by atoms with E-state index in [9.17, 15) is 5.11 Å². The Kier molecular flexibility index (Phi) is 4.05. The molecule has 0 amide bonds. The van der Waals surface area contributed by atoms with E-state index in [1.54, 1.807) is 0 Å². The van der Waals surface area contributed by atoms with Crippen LogP contribution in [0.1, 0.15) is 19.4 Å². The van der Waals surface area contributed by atoms with Gasteiger partial charge in [0.2, 0.25) is 0 Å². The van der Waals surface area contributed by atoms with Gasteiger partial charge in [0.05, 0.1) is 19.8 Å². The molecule has 0 aliphatic heterocycles. The number of ether oxygens (including phenoxy) is 2. The summed E-state index contributed by atoms with van der Waals surface area (Å²) < 4.78 is 11.2. The molecule has 1 N–H and O–H groups in total. The average Bonchev–Trinajstić information content (AvgIpc) is 2.39. The largest absolute Gasteiger partial charge is 0.490 e. The number of hydrogen-bond donors (Lipinski definition) is 1. The monoisotopic (exact) mass is 246 g/mol. The molecule has 2 rings (SSSR count). The van der Waals surface area contributed by atoms with Crippen LogP contribution in [0, 0.1) is 0 Å². The first-order chi connectivity index (χ1) is 8.80. The van der Waals surface area contributed by atoms with E-state index in [1.807, 2.05) is 44.2 Å². The van der Waals surface area contributed by atoms with E-state index in [2.05, 4.69) is 0 Å². The molecule has 0 unspecified atom stereocenters. The van der Waals surface area contributed by atoms with Crippen LogP contribution < -0.4 is 9.47 Å². The van der Waals surface area contributed by atoms with Crippen LogP contribution >= 0.6 is 0 Å². The van der Waals surface area contributed by atoms with Crippen LogP contribution in [0.4, 0.5) is 0 Å². The smallest absolute Gasteiger partial charge is 0.161 e. The molecule has 0 spiro atoms. The van der Waals surface area contributed by atoms with Crippen molar-refractivity contribution in [2.75, 3.05) is 13.2 Å². The Labute approximate surface area is 107 Å². The summed E-state index contributed by atoms with van der Waals surface area (Å²) in [5, 5.41) is 11.4. The van der Waals surface area contributed by atoms with E-state index in [1.165, 1.54) is 0 Å². The Morgan fingerprint density at radius 3 is 2.28 bits per heavy atom. The van der Waals surface area contributed by atoms with Gasteiger partial charge in [0.15, 0.2) is 11.5 Å². The van der Waals surface area contributed by atoms with Gasteiger partial charge in [-0.25, -0.2) is 0 Å². The predicted molar refractivity (Wildman–Crippen MR) is 72.2 cm³/mol. The topological polar surface area (TPSA) is 38.7 Å². The van der Waals surface area contributed by atoms with Gasteiger partial charge in [0, 0.05) is 0 Å². The number of fused-ring (bicyclic) bond motifs is 1. The minimum atomic E-state index is 0.0247. The molecule has 0 aromatic heterocycles. The molecule has 0 saturated heterocycles. The van der Waals surface area contributed by atoms with Crippen LogP contribution in [0.5, 0.6) is 11.5 Å². The fourth-order valence-electron chi connectivity index (χ4n) is 2.02. The van der Waals surface area contributed by atoms with E-state index in [4.69, 9.17) is 9.47 Å². The van der Waals surface area contributed by atoms with Crippen LogP contribution in [0.2, 0.25) is 0 Å². The molecule has 0 aliphatic carbocycles. The fourth-order valence-corrected chi connectivity index (χ4v) is 2.02. The number of hydrogen-bond acceptors (Lipinski definition) is 3. The molecular weight excluding hydrogens is 228 g/mol. The average molecular weight is 246 g/mol. The van der Waals surface area contributed by atoms with Crippen LogP contribution in [0.15, 0.2) is 30.3 Å². The SMILES string of the molecule is CCOc1cc2cccc(CO)c2cc1OCC. The van der Waals surface area contributed by atoms with Gasteiger partial charge in [-0.05, 0) is 42.3 Å². The molecule has 2 aromatic rings. The first kappa shape index (κ1) is 12.7. The number of rotatable bonds is 5. The lowest BCUT2D eigenvalue weighted by Gasteiger charge is -2.13. The standard InChI is InChI=1S/C15H18O3/c1-3-17-14-8-11-6-5-7-12(10-16)13(11)9-15(14)18-4-2/h5-9,16H,3-4,10H2,1-2H3. The summed E-state index contributed by atoms with van der Waals surface area (Å²) in [6.07, 6.45) is 0. The van der Waals surface area contributed by atoms with Gasteiger partial charge in [0.1, 0.15) is 0 Å². The van der Waals surface area contributed by atoms with Crippen LogP contribution in [0.3, 0.4) is 0 Å². The normalized spacial score (nSPS) is 10.6. The zero-order valence-corrected chi connectivity index (χ0v) is 10.8.